The quantitative estimate of drug-likeness (QED) is 0.770. The highest BCUT2D eigenvalue weighted by atomic mass is 16.1. The zero-order valence-electron chi connectivity index (χ0n) is 10.6. The van der Waals surface area contributed by atoms with E-state index < -0.39 is 17.2 Å². The van der Waals surface area contributed by atoms with Gasteiger partial charge in [0, 0.05) is 5.57 Å². The summed E-state index contributed by atoms with van der Waals surface area (Å²) < 4.78 is 0. The fraction of sp³-hybridized carbons (Fsp3) is 0.538. The maximum absolute atomic E-state index is 11.7. The molecule has 94 valence electrons. The molecule has 1 aliphatic carbocycles. The van der Waals surface area contributed by atoms with Crippen molar-refractivity contribution in [3.8, 4) is 0 Å². The Labute approximate surface area is 102 Å². The van der Waals surface area contributed by atoms with Gasteiger partial charge in [-0.1, -0.05) is 31.6 Å². The monoisotopic (exact) mass is 236 g/mol. The van der Waals surface area contributed by atoms with E-state index >= 15 is 0 Å². The van der Waals surface area contributed by atoms with Crippen molar-refractivity contribution < 1.29 is 9.59 Å². The maximum Gasteiger partial charge on any atom is 0.244 e. The minimum Gasteiger partial charge on any atom is -0.369 e. The van der Waals surface area contributed by atoms with E-state index in [-0.39, 0.29) is 0 Å². The molecule has 4 nitrogen and oxygen atoms in total. The van der Waals surface area contributed by atoms with Gasteiger partial charge in [-0.2, -0.15) is 0 Å². The van der Waals surface area contributed by atoms with Gasteiger partial charge >= 0.3 is 0 Å². The van der Waals surface area contributed by atoms with Crippen LogP contribution < -0.4 is 11.5 Å². The van der Waals surface area contributed by atoms with Gasteiger partial charge in [0.15, 0.2) is 0 Å². The van der Waals surface area contributed by atoms with Crippen molar-refractivity contribution in [1.29, 1.82) is 0 Å². The predicted molar refractivity (Wildman–Crippen MR) is 66.7 cm³/mol. The molecular formula is C13H20N2O2. The lowest BCUT2D eigenvalue weighted by molar-refractivity contribution is -0.126. The third-order valence-corrected chi connectivity index (χ3v) is 2.99. The summed E-state index contributed by atoms with van der Waals surface area (Å²) >= 11 is 0. The van der Waals surface area contributed by atoms with E-state index in [1.807, 2.05) is 26.8 Å². The molecule has 2 amide bonds. The minimum atomic E-state index is -0.767. The van der Waals surface area contributed by atoms with Gasteiger partial charge < -0.3 is 11.5 Å². The van der Waals surface area contributed by atoms with Gasteiger partial charge in [-0.25, -0.2) is 0 Å². The Kier molecular flexibility index (Phi) is 3.76. The van der Waals surface area contributed by atoms with Gasteiger partial charge in [-0.15, -0.1) is 0 Å². The highest BCUT2D eigenvalue weighted by Gasteiger charge is 2.38. The second kappa shape index (κ2) is 4.73. The van der Waals surface area contributed by atoms with Crippen LogP contribution in [0.15, 0.2) is 23.3 Å². The number of carbonyl (C=O) groups excluding carboxylic acids is 2. The third-order valence-electron chi connectivity index (χ3n) is 2.99. The van der Waals surface area contributed by atoms with Crippen molar-refractivity contribution in [1.82, 2.24) is 0 Å². The number of nitrogens with two attached hydrogens (primary N) is 2. The summed E-state index contributed by atoms with van der Waals surface area (Å²) in [6, 6.07) is 0. The van der Waals surface area contributed by atoms with E-state index in [4.69, 9.17) is 11.5 Å². The first kappa shape index (κ1) is 13.5. The fourth-order valence-corrected chi connectivity index (χ4v) is 2.47. The second-order valence-corrected chi connectivity index (χ2v) is 5.22. The molecule has 1 unspecified atom stereocenters. The Bertz CT molecular complexity index is 408. The molecule has 0 aliphatic heterocycles. The molecule has 0 bridgehead atoms. The molecule has 0 fully saturated rings. The van der Waals surface area contributed by atoms with Gasteiger partial charge in [0.2, 0.25) is 11.8 Å². The SMILES string of the molecule is CC1=CC(CC(C)C)(C(N)=O)CC(C(N)=O)=C1. The molecule has 1 aliphatic rings. The van der Waals surface area contributed by atoms with Crippen molar-refractivity contribution in [2.75, 3.05) is 0 Å². The first-order chi connectivity index (χ1) is 7.77. The van der Waals surface area contributed by atoms with Crippen LogP contribution in [0.2, 0.25) is 0 Å². The lowest BCUT2D eigenvalue weighted by atomic mass is 9.71. The van der Waals surface area contributed by atoms with Crippen LogP contribution in [0, 0.1) is 11.3 Å². The van der Waals surface area contributed by atoms with E-state index in [0.717, 1.165) is 5.57 Å². The molecule has 0 aromatic carbocycles. The Morgan fingerprint density at radius 2 is 2.00 bits per heavy atom. The molecule has 0 radical (unpaired) electrons. The van der Waals surface area contributed by atoms with Gasteiger partial charge in [0.05, 0.1) is 5.41 Å². The lowest BCUT2D eigenvalue weighted by Crippen LogP contribution is -2.39. The van der Waals surface area contributed by atoms with Crippen LogP contribution in [0.4, 0.5) is 0 Å². The topological polar surface area (TPSA) is 86.2 Å². The smallest absolute Gasteiger partial charge is 0.244 e. The molecule has 0 aromatic rings. The molecule has 1 rings (SSSR count). The average Bonchev–Trinajstić information content (AvgIpc) is 2.14. The van der Waals surface area contributed by atoms with Crippen molar-refractivity contribution in [2.45, 2.75) is 33.6 Å². The highest BCUT2D eigenvalue weighted by molar-refractivity contribution is 5.95. The Morgan fingerprint density at radius 3 is 2.41 bits per heavy atom. The zero-order chi connectivity index (χ0) is 13.2. The maximum atomic E-state index is 11.7. The number of rotatable bonds is 4. The molecule has 0 saturated carbocycles. The Hall–Kier alpha value is -1.58. The molecule has 0 saturated heterocycles. The van der Waals surface area contributed by atoms with Gasteiger partial charge in [0.1, 0.15) is 0 Å². The van der Waals surface area contributed by atoms with Crippen molar-refractivity contribution >= 4 is 11.8 Å². The van der Waals surface area contributed by atoms with Crippen molar-refractivity contribution in [3.05, 3.63) is 23.3 Å². The first-order valence-electron chi connectivity index (χ1n) is 5.76. The number of primary amides is 2. The third kappa shape index (κ3) is 2.96. The zero-order valence-corrected chi connectivity index (χ0v) is 10.6. The molecule has 1 atom stereocenters. The number of hydrogen-bond donors (Lipinski definition) is 2. The average molecular weight is 236 g/mol. The summed E-state index contributed by atoms with van der Waals surface area (Å²) in [4.78, 5) is 23.0. The van der Waals surface area contributed by atoms with Crippen molar-refractivity contribution in [2.24, 2.45) is 22.8 Å². The van der Waals surface area contributed by atoms with E-state index in [1.165, 1.54) is 0 Å². The van der Waals surface area contributed by atoms with Crippen LogP contribution >= 0.6 is 0 Å². The van der Waals surface area contributed by atoms with Crippen LogP contribution in [0.25, 0.3) is 0 Å². The number of hydrogen-bond acceptors (Lipinski definition) is 2. The summed E-state index contributed by atoms with van der Waals surface area (Å²) in [6.45, 7) is 5.90. The minimum absolute atomic E-state index is 0.313. The summed E-state index contributed by atoms with van der Waals surface area (Å²) in [5.41, 5.74) is 11.4. The van der Waals surface area contributed by atoms with Crippen LogP contribution in [-0.2, 0) is 9.59 Å². The second-order valence-electron chi connectivity index (χ2n) is 5.22. The summed E-state index contributed by atoms with van der Waals surface area (Å²) in [6.07, 6.45) is 4.53. The molecule has 17 heavy (non-hydrogen) atoms. The molecule has 4 N–H and O–H groups in total. The summed E-state index contributed by atoms with van der Waals surface area (Å²) in [5, 5.41) is 0. The van der Waals surface area contributed by atoms with Gasteiger partial charge in [-0.3, -0.25) is 9.59 Å². The molecular weight excluding hydrogens is 216 g/mol. The van der Waals surface area contributed by atoms with Crippen LogP contribution in [0.3, 0.4) is 0 Å². The van der Waals surface area contributed by atoms with Crippen molar-refractivity contribution in [3.63, 3.8) is 0 Å². The normalized spacial score (nSPS) is 24.2. The van der Waals surface area contributed by atoms with Crippen LogP contribution in [0.1, 0.15) is 33.6 Å². The first-order valence-corrected chi connectivity index (χ1v) is 5.76. The van der Waals surface area contributed by atoms with E-state index in [0.29, 0.717) is 24.3 Å². The Morgan fingerprint density at radius 1 is 1.41 bits per heavy atom. The Balaban J connectivity index is 3.15. The number of amides is 2. The van der Waals surface area contributed by atoms with E-state index in [9.17, 15) is 9.59 Å². The largest absolute Gasteiger partial charge is 0.369 e. The van der Waals surface area contributed by atoms with E-state index in [1.54, 1.807) is 6.08 Å². The molecule has 0 heterocycles. The highest BCUT2D eigenvalue weighted by Crippen LogP contribution is 2.39. The number of allylic oxidation sites excluding steroid dienone is 2. The van der Waals surface area contributed by atoms with Gasteiger partial charge in [-0.05, 0) is 25.7 Å². The summed E-state index contributed by atoms with van der Waals surface area (Å²) in [7, 11) is 0. The van der Waals surface area contributed by atoms with Crippen LogP contribution in [-0.4, -0.2) is 11.8 Å². The van der Waals surface area contributed by atoms with Crippen LogP contribution in [0.5, 0.6) is 0 Å². The van der Waals surface area contributed by atoms with E-state index in [2.05, 4.69) is 0 Å². The lowest BCUT2D eigenvalue weighted by Gasteiger charge is -2.32. The number of carbonyl (C=O) groups is 2. The molecule has 0 aromatic heterocycles. The molecule has 0 spiro atoms. The van der Waals surface area contributed by atoms with Gasteiger partial charge in [0.25, 0.3) is 0 Å². The summed E-state index contributed by atoms with van der Waals surface area (Å²) in [5.74, 6) is -0.553. The standard InChI is InChI=1S/C13H20N2O2/c1-8(2)5-13(12(15)17)6-9(3)4-10(7-13)11(14)16/h4,6,8H,5,7H2,1-3H3,(H2,14,16)(H2,15,17). The fourth-order valence-electron chi connectivity index (χ4n) is 2.47. The molecule has 4 heteroatoms. The predicted octanol–water partition coefficient (Wildman–Crippen LogP) is 1.27.